The van der Waals surface area contributed by atoms with Crippen LogP contribution in [0.3, 0.4) is 0 Å². The highest BCUT2D eigenvalue weighted by Crippen LogP contribution is 1.97. The highest BCUT2D eigenvalue weighted by Gasteiger charge is 2.10. The number of carbonyl (C=O) groups excluding carboxylic acids is 1. The number of rotatable bonds is 2. The second-order valence-electron chi connectivity index (χ2n) is 1.90. The van der Waals surface area contributed by atoms with Gasteiger partial charge in [0, 0.05) is 19.4 Å². The fraction of sp³-hybridized carbons (Fsp3) is 0.333. The van der Waals surface area contributed by atoms with Crippen LogP contribution in [0.4, 0.5) is 0 Å². The van der Waals surface area contributed by atoms with Gasteiger partial charge in [0.15, 0.2) is 0 Å². The van der Waals surface area contributed by atoms with Crippen molar-refractivity contribution in [3.8, 4) is 0 Å². The molecule has 0 fully saturated rings. The van der Waals surface area contributed by atoms with Crippen LogP contribution >= 0.6 is 15.9 Å². The fourth-order valence-corrected chi connectivity index (χ4v) is 0.884. The number of esters is 1. The van der Waals surface area contributed by atoms with Crippen LogP contribution in [-0.4, -0.2) is 21.0 Å². The van der Waals surface area contributed by atoms with Crippen LogP contribution in [0.15, 0.2) is 12.4 Å². The molecule has 0 aliphatic carbocycles. The van der Waals surface area contributed by atoms with Crippen molar-refractivity contribution in [1.82, 2.24) is 9.55 Å². The van der Waals surface area contributed by atoms with Gasteiger partial charge in [-0.2, -0.15) is 0 Å². The van der Waals surface area contributed by atoms with Crippen molar-refractivity contribution in [3.05, 3.63) is 18.2 Å². The zero-order valence-electron chi connectivity index (χ0n) is 5.95. The van der Waals surface area contributed by atoms with Crippen LogP contribution in [0.25, 0.3) is 0 Å². The molecule has 60 valence electrons. The monoisotopic (exact) mass is 218 g/mol. The maximum absolute atomic E-state index is 11.0. The van der Waals surface area contributed by atoms with Gasteiger partial charge in [-0.1, -0.05) is 0 Å². The van der Waals surface area contributed by atoms with E-state index in [1.54, 1.807) is 24.0 Å². The minimum Gasteiger partial charge on any atom is -0.448 e. The Bertz CT molecular complexity index is 259. The quantitative estimate of drug-likeness (QED) is 0.548. The molecule has 1 aromatic heterocycles. The van der Waals surface area contributed by atoms with E-state index in [1.807, 2.05) is 0 Å². The molecule has 0 aliphatic heterocycles. The summed E-state index contributed by atoms with van der Waals surface area (Å²) in [4.78, 5) is 14.8. The number of ether oxygens (including phenoxy) is 1. The van der Waals surface area contributed by atoms with E-state index in [0.717, 1.165) is 0 Å². The van der Waals surface area contributed by atoms with Crippen LogP contribution < -0.4 is 0 Å². The third-order valence-corrected chi connectivity index (χ3v) is 1.42. The fourth-order valence-electron chi connectivity index (χ4n) is 0.676. The first kappa shape index (κ1) is 8.26. The third kappa shape index (κ3) is 1.80. The summed E-state index contributed by atoms with van der Waals surface area (Å²) in [6.45, 7) is 0. The van der Waals surface area contributed by atoms with Gasteiger partial charge in [0.25, 0.3) is 0 Å². The van der Waals surface area contributed by atoms with E-state index in [2.05, 4.69) is 25.7 Å². The molecule has 1 heterocycles. The molecule has 0 aromatic carbocycles. The molecular formula is C6H7BrN2O2. The summed E-state index contributed by atoms with van der Waals surface area (Å²) in [7, 11) is 1.73. The number of imidazole rings is 1. The Morgan fingerprint density at radius 1 is 1.91 bits per heavy atom. The van der Waals surface area contributed by atoms with Crippen molar-refractivity contribution in [2.45, 2.75) is 0 Å². The predicted molar refractivity (Wildman–Crippen MR) is 42.4 cm³/mol. The lowest BCUT2D eigenvalue weighted by molar-refractivity contribution is 0.0566. The van der Waals surface area contributed by atoms with E-state index >= 15 is 0 Å². The number of alkyl halides is 1. The first-order chi connectivity index (χ1) is 5.25. The smallest absolute Gasteiger partial charge is 0.375 e. The van der Waals surface area contributed by atoms with Gasteiger partial charge in [0.1, 0.15) is 5.52 Å². The highest BCUT2D eigenvalue weighted by molar-refractivity contribution is 9.09. The summed E-state index contributed by atoms with van der Waals surface area (Å²) >= 11 is 2.98. The van der Waals surface area contributed by atoms with E-state index in [9.17, 15) is 4.79 Å². The van der Waals surface area contributed by atoms with Gasteiger partial charge in [-0.15, -0.1) is 0 Å². The summed E-state index contributed by atoms with van der Waals surface area (Å²) < 4.78 is 6.26. The molecule has 0 radical (unpaired) electrons. The van der Waals surface area contributed by atoms with Gasteiger partial charge < -0.3 is 9.30 Å². The zero-order chi connectivity index (χ0) is 8.27. The summed E-state index contributed by atoms with van der Waals surface area (Å²) in [6.07, 6.45) is 3.23. The van der Waals surface area contributed by atoms with Crippen LogP contribution in [0, 0.1) is 0 Å². The first-order valence-corrected chi connectivity index (χ1v) is 4.08. The van der Waals surface area contributed by atoms with Crippen LogP contribution in [0.5, 0.6) is 0 Å². The van der Waals surface area contributed by atoms with Crippen molar-refractivity contribution < 1.29 is 9.53 Å². The van der Waals surface area contributed by atoms with Crippen LogP contribution in [-0.2, 0) is 11.8 Å². The lowest BCUT2D eigenvalue weighted by atomic mass is 10.6. The summed E-state index contributed by atoms with van der Waals surface area (Å²) in [5.41, 5.74) is 0.193. The topological polar surface area (TPSA) is 44.1 Å². The van der Waals surface area contributed by atoms with E-state index in [-0.39, 0.29) is 5.52 Å². The first-order valence-electron chi connectivity index (χ1n) is 2.96. The molecule has 0 spiro atoms. The van der Waals surface area contributed by atoms with E-state index in [0.29, 0.717) is 5.82 Å². The standard InChI is InChI=1S/C6H7BrN2O2/c1-9-3-2-8-5(9)6(10)11-4-7/h2-3H,4H2,1H3. The number of aromatic nitrogens is 2. The molecule has 0 atom stereocenters. The summed E-state index contributed by atoms with van der Waals surface area (Å²) in [5.74, 6) is -0.112. The van der Waals surface area contributed by atoms with Crippen molar-refractivity contribution in [2.75, 3.05) is 5.52 Å². The molecule has 5 heteroatoms. The highest BCUT2D eigenvalue weighted by atomic mass is 79.9. The Morgan fingerprint density at radius 2 is 2.64 bits per heavy atom. The molecular weight excluding hydrogens is 212 g/mol. The van der Waals surface area contributed by atoms with Gasteiger partial charge in [-0.05, 0) is 15.9 Å². The number of hydrogen-bond donors (Lipinski definition) is 0. The van der Waals surface area contributed by atoms with Gasteiger partial charge >= 0.3 is 5.97 Å². The number of carbonyl (C=O) groups is 1. The SMILES string of the molecule is Cn1ccnc1C(=O)OCBr. The number of nitrogens with zero attached hydrogens (tertiary/aromatic N) is 2. The van der Waals surface area contributed by atoms with Crippen LogP contribution in [0.2, 0.25) is 0 Å². The Morgan fingerprint density at radius 3 is 3.09 bits per heavy atom. The summed E-state index contributed by atoms with van der Waals surface area (Å²) in [5, 5.41) is 0. The molecule has 1 aromatic rings. The molecule has 11 heavy (non-hydrogen) atoms. The maximum Gasteiger partial charge on any atom is 0.375 e. The lowest BCUT2D eigenvalue weighted by Crippen LogP contribution is -2.09. The number of hydrogen-bond acceptors (Lipinski definition) is 3. The number of aryl methyl sites for hydroxylation is 1. The Hall–Kier alpha value is -0.840. The molecule has 0 unspecified atom stereocenters. The average molecular weight is 219 g/mol. The van der Waals surface area contributed by atoms with Gasteiger partial charge in [0.2, 0.25) is 5.82 Å². The molecule has 0 saturated heterocycles. The Labute approximate surface area is 72.3 Å². The molecule has 0 bridgehead atoms. The molecule has 0 aliphatic rings. The average Bonchev–Trinajstić information content (AvgIpc) is 2.36. The molecule has 4 nitrogen and oxygen atoms in total. The Kier molecular flexibility index (Phi) is 2.64. The second kappa shape index (κ2) is 3.52. The third-order valence-electron chi connectivity index (χ3n) is 1.19. The Balaban J connectivity index is 2.76. The minimum atomic E-state index is -0.422. The van der Waals surface area contributed by atoms with Crippen molar-refractivity contribution in [1.29, 1.82) is 0 Å². The predicted octanol–water partition coefficient (Wildman–Crippen LogP) is 0.929. The van der Waals surface area contributed by atoms with Gasteiger partial charge in [-0.3, -0.25) is 0 Å². The molecule has 0 amide bonds. The summed E-state index contributed by atoms with van der Waals surface area (Å²) in [6, 6.07) is 0. The molecule has 0 saturated carbocycles. The number of halogens is 1. The van der Waals surface area contributed by atoms with Crippen molar-refractivity contribution >= 4 is 21.9 Å². The maximum atomic E-state index is 11.0. The van der Waals surface area contributed by atoms with E-state index in [4.69, 9.17) is 0 Å². The van der Waals surface area contributed by atoms with Crippen LogP contribution in [0.1, 0.15) is 10.6 Å². The van der Waals surface area contributed by atoms with E-state index in [1.165, 1.54) is 0 Å². The van der Waals surface area contributed by atoms with Gasteiger partial charge in [0.05, 0.1) is 0 Å². The zero-order valence-corrected chi connectivity index (χ0v) is 7.54. The molecule has 0 N–H and O–H groups in total. The minimum absolute atomic E-state index is 0.193. The second-order valence-corrected chi connectivity index (χ2v) is 2.36. The molecule has 1 rings (SSSR count). The van der Waals surface area contributed by atoms with Crippen molar-refractivity contribution in [2.24, 2.45) is 7.05 Å². The van der Waals surface area contributed by atoms with E-state index < -0.39 is 5.97 Å². The lowest BCUT2D eigenvalue weighted by Gasteiger charge is -1.98. The van der Waals surface area contributed by atoms with Gasteiger partial charge in [-0.25, -0.2) is 9.78 Å². The van der Waals surface area contributed by atoms with Crippen molar-refractivity contribution in [3.63, 3.8) is 0 Å². The largest absolute Gasteiger partial charge is 0.448 e. The normalized spacial score (nSPS) is 9.64.